The highest BCUT2D eigenvalue weighted by Crippen LogP contribution is 2.24. The third kappa shape index (κ3) is 7.85. The van der Waals surface area contributed by atoms with E-state index in [2.05, 4.69) is 0 Å². The minimum absolute atomic E-state index is 0.0161. The van der Waals surface area contributed by atoms with E-state index in [-0.39, 0.29) is 12.3 Å². The normalized spacial score (nSPS) is 17.2. The minimum atomic E-state index is -3.53. The first-order valence-electron chi connectivity index (χ1n) is 8.49. The Kier molecular flexibility index (Phi) is 10.2. The Morgan fingerprint density at radius 3 is 2.41 bits per heavy atom. The van der Waals surface area contributed by atoms with E-state index in [9.17, 15) is 12.8 Å². The monoisotopic (exact) mass is 338 g/mol. The summed E-state index contributed by atoms with van der Waals surface area (Å²) in [6, 6.07) is 0. The number of halogens is 1. The molecule has 0 radical (unpaired) electrons. The number of nitrogens with two attached hydrogens (primary N) is 1. The molecule has 0 bridgehead atoms. The quantitative estimate of drug-likeness (QED) is 0.438. The van der Waals surface area contributed by atoms with E-state index < -0.39 is 16.7 Å². The molecule has 0 spiro atoms. The second-order valence-corrected chi connectivity index (χ2v) is 8.01. The molecule has 1 rings (SSSR count). The van der Waals surface area contributed by atoms with Gasteiger partial charge in [0.05, 0.1) is 18.9 Å². The zero-order valence-electron chi connectivity index (χ0n) is 13.5. The van der Waals surface area contributed by atoms with E-state index in [1.165, 1.54) is 19.3 Å². The summed E-state index contributed by atoms with van der Waals surface area (Å²) in [7, 11) is -3.53. The molecular formula is C15H31FN2O3S. The largest absolute Gasteiger partial charge is 0.330 e. The van der Waals surface area contributed by atoms with Crippen molar-refractivity contribution in [3.8, 4) is 0 Å². The summed E-state index contributed by atoms with van der Waals surface area (Å²) < 4.78 is 38.0. The number of hydrogen-bond acceptors (Lipinski definition) is 4. The molecule has 2 N–H and O–H groups in total. The van der Waals surface area contributed by atoms with Gasteiger partial charge in [-0.3, -0.25) is 4.84 Å². The molecular weight excluding hydrogens is 307 g/mol. The Hall–Kier alpha value is -0.240. The lowest BCUT2D eigenvalue weighted by atomic mass is 9.90. The maximum Gasteiger partial charge on any atom is 0.236 e. The van der Waals surface area contributed by atoms with E-state index in [1.807, 2.05) is 0 Å². The summed E-state index contributed by atoms with van der Waals surface area (Å²) in [6.45, 7) is 0.0759. The smallest absolute Gasteiger partial charge is 0.236 e. The summed E-state index contributed by atoms with van der Waals surface area (Å²) in [5.74, 6) is 0.415. The fourth-order valence-electron chi connectivity index (χ4n) is 2.78. The summed E-state index contributed by atoms with van der Waals surface area (Å²) in [4.78, 5) is 5.45. The van der Waals surface area contributed by atoms with Crippen LogP contribution in [0.25, 0.3) is 0 Å². The van der Waals surface area contributed by atoms with Gasteiger partial charge < -0.3 is 5.73 Å². The number of sulfonamides is 1. The minimum Gasteiger partial charge on any atom is -0.330 e. The van der Waals surface area contributed by atoms with Gasteiger partial charge in [-0.2, -0.15) is 0 Å². The Morgan fingerprint density at radius 2 is 1.77 bits per heavy atom. The van der Waals surface area contributed by atoms with Crippen molar-refractivity contribution in [1.82, 2.24) is 4.47 Å². The molecule has 0 amide bonds. The van der Waals surface area contributed by atoms with Crippen molar-refractivity contribution in [3.63, 3.8) is 0 Å². The average Bonchev–Trinajstić information content (AvgIpc) is 2.52. The van der Waals surface area contributed by atoms with Gasteiger partial charge in [-0.25, -0.2) is 12.8 Å². The molecule has 22 heavy (non-hydrogen) atoms. The van der Waals surface area contributed by atoms with Gasteiger partial charge >= 0.3 is 0 Å². The van der Waals surface area contributed by atoms with Gasteiger partial charge in [-0.15, -0.1) is 0 Å². The molecule has 0 aliphatic heterocycles. The van der Waals surface area contributed by atoms with Crippen molar-refractivity contribution < 1.29 is 17.6 Å². The summed E-state index contributed by atoms with van der Waals surface area (Å²) in [5, 5.41) is 0. The first-order valence-corrected chi connectivity index (χ1v) is 10.1. The van der Waals surface area contributed by atoms with Crippen LogP contribution in [0.4, 0.5) is 4.39 Å². The third-order valence-corrected chi connectivity index (χ3v) is 5.83. The highest BCUT2D eigenvalue weighted by molar-refractivity contribution is 7.88. The van der Waals surface area contributed by atoms with Crippen LogP contribution >= 0.6 is 0 Å². The predicted octanol–water partition coefficient (Wildman–Crippen LogP) is 2.62. The van der Waals surface area contributed by atoms with Crippen LogP contribution in [0.5, 0.6) is 0 Å². The third-order valence-electron chi connectivity index (χ3n) is 4.11. The highest BCUT2D eigenvalue weighted by atomic mass is 32.2. The maximum atomic E-state index is 12.6. The van der Waals surface area contributed by atoms with E-state index in [4.69, 9.17) is 10.6 Å². The predicted molar refractivity (Wildman–Crippen MR) is 86.5 cm³/mol. The van der Waals surface area contributed by atoms with Crippen LogP contribution in [-0.4, -0.2) is 45.0 Å². The fourth-order valence-corrected chi connectivity index (χ4v) is 4.12. The molecule has 132 valence electrons. The Morgan fingerprint density at radius 1 is 1.09 bits per heavy atom. The van der Waals surface area contributed by atoms with Crippen LogP contribution in [0.15, 0.2) is 0 Å². The van der Waals surface area contributed by atoms with Crippen LogP contribution in [0.1, 0.15) is 57.8 Å². The molecule has 1 aliphatic carbocycles. The first-order chi connectivity index (χ1) is 10.6. The molecule has 1 saturated carbocycles. The van der Waals surface area contributed by atoms with E-state index in [1.54, 1.807) is 0 Å². The second kappa shape index (κ2) is 11.3. The number of hydrogen-bond donors (Lipinski definition) is 1. The maximum absolute atomic E-state index is 12.6. The molecule has 7 heteroatoms. The van der Waals surface area contributed by atoms with Gasteiger partial charge in [0.1, 0.15) is 6.67 Å². The topological polar surface area (TPSA) is 72.6 Å². The molecule has 0 aromatic heterocycles. The van der Waals surface area contributed by atoms with Crippen molar-refractivity contribution >= 4 is 10.0 Å². The van der Waals surface area contributed by atoms with Gasteiger partial charge in [0.2, 0.25) is 10.0 Å². The van der Waals surface area contributed by atoms with Gasteiger partial charge in [0.25, 0.3) is 0 Å². The number of nitrogens with zero attached hydrogens (tertiary/aromatic N) is 1. The van der Waals surface area contributed by atoms with Crippen molar-refractivity contribution in [2.24, 2.45) is 11.7 Å². The molecule has 0 atom stereocenters. The lowest BCUT2D eigenvalue weighted by Crippen LogP contribution is -2.36. The van der Waals surface area contributed by atoms with Crippen molar-refractivity contribution in [1.29, 1.82) is 0 Å². The Balaban J connectivity index is 2.37. The van der Waals surface area contributed by atoms with E-state index in [0.29, 0.717) is 25.5 Å². The average molecular weight is 338 g/mol. The molecule has 1 fully saturated rings. The molecule has 5 nitrogen and oxygen atoms in total. The van der Waals surface area contributed by atoms with Crippen molar-refractivity contribution in [2.75, 3.05) is 32.1 Å². The second-order valence-electron chi connectivity index (χ2n) is 6.03. The first kappa shape index (κ1) is 19.8. The van der Waals surface area contributed by atoms with Crippen LogP contribution in [0.3, 0.4) is 0 Å². The summed E-state index contributed by atoms with van der Waals surface area (Å²) >= 11 is 0. The van der Waals surface area contributed by atoms with Gasteiger partial charge in [0.15, 0.2) is 0 Å². The summed E-state index contributed by atoms with van der Waals surface area (Å²) in [5.41, 5.74) is 5.41. The Bertz CT molecular complexity index is 373. The number of hydroxylamine groups is 1. The van der Waals surface area contributed by atoms with Crippen LogP contribution in [-0.2, 0) is 14.9 Å². The number of rotatable bonds is 12. The van der Waals surface area contributed by atoms with Crippen molar-refractivity contribution in [3.05, 3.63) is 0 Å². The van der Waals surface area contributed by atoms with E-state index >= 15 is 0 Å². The zero-order valence-corrected chi connectivity index (χ0v) is 14.3. The van der Waals surface area contributed by atoms with Crippen LogP contribution in [0.2, 0.25) is 0 Å². The van der Waals surface area contributed by atoms with Crippen molar-refractivity contribution in [2.45, 2.75) is 57.8 Å². The van der Waals surface area contributed by atoms with Gasteiger partial charge in [-0.1, -0.05) is 36.6 Å². The molecule has 0 aromatic carbocycles. The van der Waals surface area contributed by atoms with Crippen LogP contribution in [0, 0.1) is 5.92 Å². The number of unbranched alkanes of at least 4 members (excludes halogenated alkanes) is 3. The summed E-state index contributed by atoms with van der Waals surface area (Å²) in [6.07, 6.45) is 8.96. The van der Waals surface area contributed by atoms with E-state index in [0.717, 1.165) is 36.6 Å². The molecule has 0 saturated heterocycles. The SMILES string of the molecule is NCCCCCCS(=O)(=O)N(CCF)OCC1CCCCC1. The lowest BCUT2D eigenvalue weighted by Gasteiger charge is -2.25. The highest BCUT2D eigenvalue weighted by Gasteiger charge is 2.24. The molecule has 1 aliphatic rings. The lowest BCUT2D eigenvalue weighted by molar-refractivity contribution is -0.104. The van der Waals surface area contributed by atoms with Gasteiger partial charge in [-0.05, 0) is 38.1 Å². The zero-order chi connectivity index (χ0) is 16.3. The molecule has 0 heterocycles. The standard InChI is InChI=1S/C15H31FN2O3S/c16-10-12-18(21-14-15-8-4-3-5-9-15)22(19,20)13-7-2-1-6-11-17/h15H,1-14,17H2. The molecule has 0 unspecified atom stereocenters. The van der Waals surface area contributed by atoms with Crippen LogP contribution < -0.4 is 5.73 Å². The number of alkyl halides is 1. The fraction of sp³-hybridized carbons (Fsp3) is 1.00. The molecule has 0 aromatic rings. The Labute approximate surface area is 134 Å². The van der Waals surface area contributed by atoms with Gasteiger partial charge in [0, 0.05) is 0 Å².